The standard InChI is InChI=1S/C19H20N4O2/c1-2-14-8-10-15(11-9-14)17(12-24)21-19(25)18-20-13-23(22-18)16-6-4-3-5-7-16/h3-11,13,17,24H,2,12H2,1H3,(H,21,25). The van der Waals surface area contributed by atoms with Gasteiger partial charge < -0.3 is 10.4 Å². The molecule has 0 fully saturated rings. The van der Waals surface area contributed by atoms with Crippen LogP contribution in [0, 0.1) is 0 Å². The zero-order valence-corrected chi connectivity index (χ0v) is 14.0. The third-order valence-electron chi connectivity index (χ3n) is 3.99. The molecule has 0 spiro atoms. The molecule has 1 atom stereocenters. The Hall–Kier alpha value is -2.99. The summed E-state index contributed by atoms with van der Waals surface area (Å²) in [5.74, 6) is -0.360. The van der Waals surface area contributed by atoms with E-state index in [-0.39, 0.29) is 12.4 Å². The SMILES string of the molecule is CCc1ccc(C(CO)NC(=O)c2ncn(-c3ccccc3)n2)cc1. The van der Waals surface area contributed by atoms with Crippen LogP contribution in [-0.2, 0) is 6.42 Å². The molecule has 0 saturated carbocycles. The van der Waals surface area contributed by atoms with E-state index in [9.17, 15) is 9.90 Å². The van der Waals surface area contributed by atoms with Crippen molar-refractivity contribution in [1.29, 1.82) is 0 Å². The van der Waals surface area contributed by atoms with Gasteiger partial charge in [-0.1, -0.05) is 49.4 Å². The molecule has 0 radical (unpaired) electrons. The number of nitrogens with one attached hydrogen (secondary N) is 1. The van der Waals surface area contributed by atoms with Crippen molar-refractivity contribution in [2.24, 2.45) is 0 Å². The minimum Gasteiger partial charge on any atom is -0.394 e. The molecule has 0 aliphatic rings. The summed E-state index contributed by atoms with van der Waals surface area (Å²) in [7, 11) is 0. The molecule has 1 heterocycles. The number of aliphatic hydroxyl groups excluding tert-OH is 1. The van der Waals surface area contributed by atoms with Crippen molar-refractivity contribution in [3.05, 3.63) is 77.9 Å². The summed E-state index contributed by atoms with van der Waals surface area (Å²) < 4.78 is 1.54. The van der Waals surface area contributed by atoms with Crippen LogP contribution in [0.1, 0.15) is 34.7 Å². The van der Waals surface area contributed by atoms with E-state index in [0.29, 0.717) is 0 Å². The van der Waals surface area contributed by atoms with Gasteiger partial charge in [0.25, 0.3) is 5.91 Å². The van der Waals surface area contributed by atoms with E-state index < -0.39 is 11.9 Å². The summed E-state index contributed by atoms with van der Waals surface area (Å²) >= 11 is 0. The monoisotopic (exact) mass is 336 g/mol. The average Bonchev–Trinajstić information content (AvgIpc) is 3.17. The smallest absolute Gasteiger partial charge is 0.291 e. The number of carbonyl (C=O) groups is 1. The molecule has 2 N–H and O–H groups in total. The molecule has 0 saturated heterocycles. The molecule has 6 nitrogen and oxygen atoms in total. The van der Waals surface area contributed by atoms with E-state index in [4.69, 9.17) is 0 Å². The van der Waals surface area contributed by atoms with Gasteiger partial charge >= 0.3 is 0 Å². The Balaban J connectivity index is 1.73. The molecular weight excluding hydrogens is 316 g/mol. The number of hydrogen-bond acceptors (Lipinski definition) is 4. The molecule has 0 bridgehead atoms. The summed E-state index contributed by atoms with van der Waals surface area (Å²) in [5, 5.41) is 16.6. The lowest BCUT2D eigenvalue weighted by Crippen LogP contribution is -2.31. The minimum absolute atomic E-state index is 0.0625. The lowest BCUT2D eigenvalue weighted by atomic mass is 10.0. The highest BCUT2D eigenvalue weighted by molar-refractivity contribution is 5.90. The van der Waals surface area contributed by atoms with Gasteiger partial charge in [0.1, 0.15) is 6.33 Å². The first kappa shape index (κ1) is 16.9. The van der Waals surface area contributed by atoms with Crippen LogP contribution < -0.4 is 5.32 Å². The van der Waals surface area contributed by atoms with Crippen molar-refractivity contribution in [1.82, 2.24) is 20.1 Å². The van der Waals surface area contributed by atoms with Gasteiger partial charge in [0.05, 0.1) is 18.3 Å². The van der Waals surface area contributed by atoms with Crippen molar-refractivity contribution in [3.8, 4) is 5.69 Å². The number of amides is 1. The van der Waals surface area contributed by atoms with Gasteiger partial charge in [-0.05, 0) is 29.7 Å². The molecule has 3 aromatic rings. The average molecular weight is 336 g/mol. The number of aryl methyl sites for hydroxylation is 1. The number of benzene rings is 2. The van der Waals surface area contributed by atoms with Crippen LogP contribution in [0.25, 0.3) is 5.69 Å². The van der Waals surface area contributed by atoms with Crippen LogP contribution in [0.3, 0.4) is 0 Å². The van der Waals surface area contributed by atoms with Gasteiger partial charge in [-0.15, -0.1) is 5.10 Å². The van der Waals surface area contributed by atoms with E-state index in [1.807, 2.05) is 54.6 Å². The number of rotatable bonds is 6. The maximum atomic E-state index is 12.4. The highest BCUT2D eigenvalue weighted by Crippen LogP contribution is 2.14. The Morgan fingerprint density at radius 1 is 1.16 bits per heavy atom. The Labute approximate surface area is 146 Å². The van der Waals surface area contributed by atoms with E-state index in [1.165, 1.54) is 11.9 Å². The molecule has 6 heteroatoms. The topological polar surface area (TPSA) is 80.0 Å². The Kier molecular flexibility index (Phi) is 5.20. The van der Waals surface area contributed by atoms with Gasteiger partial charge in [-0.2, -0.15) is 0 Å². The summed E-state index contributed by atoms with van der Waals surface area (Å²) in [6, 6.07) is 16.7. The zero-order chi connectivity index (χ0) is 17.6. The molecule has 2 aromatic carbocycles. The molecular formula is C19H20N4O2. The molecule has 128 valence electrons. The Morgan fingerprint density at radius 2 is 1.88 bits per heavy atom. The maximum Gasteiger partial charge on any atom is 0.291 e. The number of aromatic nitrogens is 3. The van der Waals surface area contributed by atoms with E-state index in [2.05, 4.69) is 22.3 Å². The molecule has 1 aromatic heterocycles. The zero-order valence-electron chi connectivity index (χ0n) is 14.0. The van der Waals surface area contributed by atoms with Gasteiger partial charge in [0.15, 0.2) is 0 Å². The second kappa shape index (κ2) is 7.72. The Morgan fingerprint density at radius 3 is 2.52 bits per heavy atom. The summed E-state index contributed by atoms with van der Waals surface area (Å²) in [6.07, 6.45) is 2.44. The minimum atomic E-state index is -0.498. The molecule has 3 rings (SSSR count). The number of hydrogen-bond donors (Lipinski definition) is 2. The predicted molar refractivity (Wildman–Crippen MR) is 94.5 cm³/mol. The van der Waals surface area contributed by atoms with Gasteiger partial charge in [-0.25, -0.2) is 9.67 Å². The summed E-state index contributed by atoms with van der Waals surface area (Å²) in [4.78, 5) is 16.5. The van der Waals surface area contributed by atoms with Gasteiger partial charge in [0, 0.05) is 0 Å². The number of aliphatic hydroxyl groups is 1. The van der Waals surface area contributed by atoms with Crippen molar-refractivity contribution in [2.45, 2.75) is 19.4 Å². The fourth-order valence-corrected chi connectivity index (χ4v) is 2.52. The van der Waals surface area contributed by atoms with Crippen LogP contribution >= 0.6 is 0 Å². The second-order valence-electron chi connectivity index (χ2n) is 5.65. The van der Waals surface area contributed by atoms with Crippen molar-refractivity contribution < 1.29 is 9.90 Å². The first-order chi connectivity index (χ1) is 12.2. The van der Waals surface area contributed by atoms with Gasteiger partial charge in [-0.3, -0.25) is 4.79 Å². The van der Waals surface area contributed by atoms with Gasteiger partial charge in [0.2, 0.25) is 5.82 Å². The molecule has 1 amide bonds. The van der Waals surface area contributed by atoms with Crippen molar-refractivity contribution in [3.63, 3.8) is 0 Å². The normalized spacial score (nSPS) is 11.9. The van der Waals surface area contributed by atoms with Crippen LogP contribution in [0.15, 0.2) is 60.9 Å². The highest BCUT2D eigenvalue weighted by Gasteiger charge is 2.18. The first-order valence-corrected chi connectivity index (χ1v) is 8.19. The highest BCUT2D eigenvalue weighted by atomic mass is 16.3. The molecule has 1 unspecified atom stereocenters. The largest absolute Gasteiger partial charge is 0.394 e. The van der Waals surface area contributed by atoms with E-state index >= 15 is 0 Å². The lowest BCUT2D eigenvalue weighted by molar-refractivity contribution is 0.0905. The van der Waals surface area contributed by atoms with Crippen LogP contribution in [-0.4, -0.2) is 32.4 Å². The molecule has 0 aliphatic heterocycles. The van der Waals surface area contributed by atoms with Crippen LogP contribution in [0.4, 0.5) is 0 Å². The third-order valence-corrected chi connectivity index (χ3v) is 3.99. The third kappa shape index (κ3) is 3.92. The first-order valence-electron chi connectivity index (χ1n) is 8.19. The molecule has 0 aliphatic carbocycles. The van der Waals surface area contributed by atoms with Crippen molar-refractivity contribution in [2.75, 3.05) is 6.61 Å². The molecule has 25 heavy (non-hydrogen) atoms. The second-order valence-corrected chi connectivity index (χ2v) is 5.65. The number of para-hydroxylation sites is 1. The maximum absolute atomic E-state index is 12.4. The number of nitrogens with zero attached hydrogens (tertiary/aromatic N) is 3. The summed E-state index contributed by atoms with van der Waals surface area (Å²) in [6.45, 7) is 1.88. The fraction of sp³-hybridized carbons (Fsp3) is 0.211. The lowest BCUT2D eigenvalue weighted by Gasteiger charge is -2.16. The Bertz CT molecular complexity index is 828. The predicted octanol–water partition coefficient (Wildman–Crippen LogP) is 2.29. The van der Waals surface area contributed by atoms with Crippen LogP contribution in [0.2, 0.25) is 0 Å². The van der Waals surface area contributed by atoms with Crippen LogP contribution in [0.5, 0.6) is 0 Å². The van der Waals surface area contributed by atoms with E-state index in [1.54, 1.807) is 4.68 Å². The fourth-order valence-electron chi connectivity index (χ4n) is 2.52. The number of carbonyl (C=O) groups excluding carboxylic acids is 1. The van der Waals surface area contributed by atoms with E-state index in [0.717, 1.165) is 17.7 Å². The quantitative estimate of drug-likeness (QED) is 0.724. The van der Waals surface area contributed by atoms with Crippen molar-refractivity contribution >= 4 is 5.91 Å². The summed E-state index contributed by atoms with van der Waals surface area (Å²) in [5.41, 5.74) is 2.87.